The molecule has 1 aliphatic rings. The van der Waals surface area contributed by atoms with E-state index in [1.54, 1.807) is 0 Å². The van der Waals surface area contributed by atoms with E-state index in [9.17, 15) is 0 Å². The van der Waals surface area contributed by atoms with Crippen LogP contribution < -0.4 is 0 Å². The second-order valence-electron chi connectivity index (χ2n) is 7.21. The molecule has 2 aromatic carbocycles. The molecule has 0 aliphatic carbocycles. The first-order valence-corrected chi connectivity index (χ1v) is 8.29. The van der Waals surface area contributed by atoms with Gasteiger partial charge in [0, 0.05) is 11.1 Å². The van der Waals surface area contributed by atoms with Crippen molar-refractivity contribution < 1.29 is 0 Å². The number of benzene rings is 2. The van der Waals surface area contributed by atoms with E-state index in [-0.39, 0.29) is 5.54 Å². The lowest BCUT2D eigenvalue weighted by Gasteiger charge is -2.30. The lowest BCUT2D eigenvalue weighted by Crippen LogP contribution is -2.26. The summed E-state index contributed by atoms with van der Waals surface area (Å²) >= 11 is 0. The lowest BCUT2D eigenvalue weighted by atomic mass is 9.90. The van der Waals surface area contributed by atoms with Gasteiger partial charge in [-0.3, -0.25) is 0 Å². The van der Waals surface area contributed by atoms with E-state index >= 15 is 0 Å². The maximum absolute atomic E-state index is 4.97. The number of hydrogen-bond acceptors (Lipinski definition) is 1. The van der Waals surface area contributed by atoms with Gasteiger partial charge in [-0.05, 0) is 31.4 Å². The minimum absolute atomic E-state index is 0.0808. The second-order valence-corrected chi connectivity index (χ2v) is 7.21. The number of rotatable bonds is 2. The van der Waals surface area contributed by atoms with Gasteiger partial charge in [0.1, 0.15) is 5.82 Å². The van der Waals surface area contributed by atoms with Gasteiger partial charge < -0.3 is 4.57 Å². The molecule has 4 rings (SSSR count). The zero-order chi connectivity index (χ0) is 16.2. The van der Waals surface area contributed by atoms with Gasteiger partial charge in [-0.2, -0.15) is 0 Å². The molecule has 0 bridgehead atoms. The molecule has 0 atom stereocenters. The number of imidazole rings is 1. The fourth-order valence-electron chi connectivity index (χ4n) is 3.59. The van der Waals surface area contributed by atoms with Crippen molar-refractivity contribution >= 4 is 17.1 Å². The van der Waals surface area contributed by atoms with E-state index < -0.39 is 0 Å². The van der Waals surface area contributed by atoms with Gasteiger partial charge in [-0.15, -0.1) is 0 Å². The molecule has 23 heavy (non-hydrogen) atoms. The molecule has 1 aliphatic heterocycles. The molecule has 0 spiro atoms. The minimum Gasteiger partial charge on any atom is -0.314 e. The number of aromatic nitrogens is 2. The molecule has 2 nitrogen and oxygen atoms in total. The molecular weight excluding hydrogens is 280 g/mol. The van der Waals surface area contributed by atoms with E-state index in [4.69, 9.17) is 4.98 Å². The average molecular weight is 302 g/mol. The summed E-state index contributed by atoms with van der Waals surface area (Å²) in [6.07, 6.45) is 4.59. The monoisotopic (exact) mass is 302 g/mol. The van der Waals surface area contributed by atoms with Crippen LogP contribution in [0.1, 0.15) is 44.7 Å². The lowest BCUT2D eigenvalue weighted by molar-refractivity contribution is 0.471. The molecule has 0 saturated heterocycles. The summed E-state index contributed by atoms with van der Waals surface area (Å²) in [6.45, 7) is 9.01. The van der Waals surface area contributed by atoms with Gasteiger partial charge in [-0.25, -0.2) is 4.98 Å². The largest absolute Gasteiger partial charge is 0.314 e. The Balaban J connectivity index is 2.12. The van der Waals surface area contributed by atoms with Crippen molar-refractivity contribution in [2.45, 2.75) is 39.2 Å². The molecule has 0 saturated carbocycles. The van der Waals surface area contributed by atoms with E-state index in [0.29, 0.717) is 5.92 Å². The third-order valence-corrected chi connectivity index (χ3v) is 4.78. The number of nitrogens with zero attached hydrogens (tertiary/aromatic N) is 2. The summed E-state index contributed by atoms with van der Waals surface area (Å²) in [6, 6.07) is 14.9. The Morgan fingerprint density at radius 2 is 1.74 bits per heavy atom. The van der Waals surface area contributed by atoms with Crippen molar-refractivity contribution in [2.24, 2.45) is 0 Å². The van der Waals surface area contributed by atoms with Crippen LogP contribution in [-0.4, -0.2) is 9.55 Å². The van der Waals surface area contributed by atoms with Crippen LogP contribution in [0.2, 0.25) is 0 Å². The van der Waals surface area contributed by atoms with Crippen LogP contribution >= 0.6 is 0 Å². The molecule has 2 heterocycles. The van der Waals surface area contributed by atoms with Crippen LogP contribution in [0.5, 0.6) is 0 Å². The Hall–Kier alpha value is -2.35. The Bertz CT molecular complexity index is 912. The molecule has 0 N–H and O–H groups in total. The van der Waals surface area contributed by atoms with Crippen LogP contribution in [-0.2, 0) is 5.54 Å². The fourth-order valence-corrected chi connectivity index (χ4v) is 3.59. The highest BCUT2D eigenvalue weighted by atomic mass is 15.1. The predicted molar refractivity (Wildman–Crippen MR) is 97.6 cm³/mol. The quantitative estimate of drug-likeness (QED) is 0.603. The second kappa shape index (κ2) is 4.82. The molecule has 1 aromatic heterocycles. The van der Waals surface area contributed by atoms with Gasteiger partial charge in [0.15, 0.2) is 0 Å². The predicted octanol–water partition coefficient (Wildman–Crippen LogP) is 5.59. The highest BCUT2D eigenvalue weighted by Crippen LogP contribution is 2.40. The van der Waals surface area contributed by atoms with Crippen molar-refractivity contribution in [3.63, 3.8) is 0 Å². The van der Waals surface area contributed by atoms with Crippen LogP contribution in [0.15, 0.2) is 48.5 Å². The molecule has 0 unspecified atom stereocenters. The van der Waals surface area contributed by atoms with E-state index in [2.05, 4.69) is 86.9 Å². The zero-order valence-electron chi connectivity index (χ0n) is 14.2. The Kier molecular flexibility index (Phi) is 2.99. The Morgan fingerprint density at radius 3 is 2.43 bits per heavy atom. The highest BCUT2D eigenvalue weighted by Gasteiger charge is 2.29. The summed E-state index contributed by atoms with van der Waals surface area (Å²) in [7, 11) is 0. The Morgan fingerprint density at radius 1 is 1.00 bits per heavy atom. The highest BCUT2D eigenvalue weighted by molar-refractivity contribution is 5.92. The molecule has 0 radical (unpaired) electrons. The molecule has 2 heteroatoms. The first-order valence-electron chi connectivity index (χ1n) is 8.29. The van der Waals surface area contributed by atoms with Crippen molar-refractivity contribution in [3.8, 4) is 11.4 Å². The summed E-state index contributed by atoms with van der Waals surface area (Å²) in [5.74, 6) is 1.56. The van der Waals surface area contributed by atoms with Crippen molar-refractivity contribution in [3.05, 3.63) is 59.7 Å². The van der Waals surface area contributed by atoms with Crippen molar-refractivity contribution in [1.29, 1.82) is 0 Å². The van der Waals surface area contributed by atoms with E-state index in [1.165, 1.54) is 22.2 Å². The smallest absolute Gasteiger partial charge is 0.141 e. The third kappa shape index (κ3) is 2.05. The van der Waals surface area contributed by atoms with Crippen LogP contribution in [0.3, 0.4) is 0 Å². The standard InChI is InChI=1S/C21H22N2/c1-14(2)16-10-11-18-19-17(16)12-13-21(3,4)23(19)20(22-18)15-8-6-5-7-9-15/h5-14H,1-4H3. The fraction of sp³-hybridized carbons (Fsp3) is 0.286. The molecular formula is C21H22N2. The van der Waals surface area contributed by atoms with Gasteiger partial charge in [-0.1, -0.05) is 62.4 Å². The van der Waals surface area contributed by atoms with Crippen molar-refractivity contribution in [2.75, 3.05) is 0 Å². The topological polar surface area (TPSA) is 17.8 Å². The summed E-state index contributed by atoms with van der Waals surface area (Å²) in [5, 5.41) is 0. The summed E-state index contributed by atoms with van der Waals surface area (Å²) in [5.41, 5.74) is 6.16. The van der Waals surface area contributed by atoms with Gasteiger partial charge in [0.2, 0.25) is 0 Å². The van der Waals surface area contributed by atoms with Gasteiger partial charge >= 0.3 is 0 Å². The number of hydrogen-bond donors (Lipinski definition) is 0. The minimum atomic E-state index is -0.0808. The summed E-state index contributed by atoms with van der Waals surface area (Å²) in [4.78, 5) is 4.97. The summed E-state index contributed by atoms with van der Waals surface area (Å²) < 4.78 is 2.40. The maximum atomic E-state index is 4.97. The van der Waals surface area contributed by atoms with Crippen molar-refractivity contribution in [1.82, 2.24) is 9.55 Å². The first-order chi connectivity index (χ1) is 11.0. The van der Waals surface area contributed by atoms with Gasteiger partial charge in [0.25, 0.3) is 0 Å². The van der Waals surface area contributed by atoms with Crippen LogP contribution in [0.4, 0.5) is 0 Å². The maximum Gasteiger partial charge on any atom is 0.141 e. The number of allylic oxidation sites excluding steroid dienone is 1. The van der Waals surface area contributed by atoms with Crippen LogP contribution in [0, 0.1) is 0 Å². The normalized spacial score (nSPS) is 15.5. The third-order valence-electron chi connectivity index (χ3n) is 4.78. The molecule has 0 fully saturated rings. The molecule has 116 valence electrons. The first kappa shape index (κ1) is 14.3. The SMILES string of the molecule is CC(C)c1ccc2nc(-c3ccccc3)n3c2c1C=CC3(C)C. The molecule has 0 amide bonds. The van der Waals surface area contributed by atoms with E-state index in [1.807, 2.05) is 0 Å². The Labute approximate surface area is 137 Å². The zero-order valence-corrected chi connectivity index (χ0v) is 14.2. The van der Waals surface area contributed by atoms with Crippen LogP contribution in [0.25, 0.3) is 28.5 Å². The van der Waals surface area contributed by atoms with Gasteiger partial charge in [0.05, 0.1) is 16.6 Å². The molecule has 3 aromatic rings. The van der Waals surface area contributed by atoms with E-state index in [0.717, 1.165) is 11.3 Å². The average Bonchev–Trinajstić information content (AvgIpc) is 2.93.